The number of benzene rings is 2. The van der Waals surface area contributed by atoms with E-state index in [0.29, 0.717) is 18.4 Å². The molecule has 1 amide bonds. The molecule has 0 atom stereocenters. The maximum Gasteiger partial charge on any atom is 0.243 e. The lowest BCUT2D eigenvalue weighted by Crippen LogP contribution is -2.41. The van der Waals surface area contributed by atoms with Gasteiger partial charge in [0.1, 0.15) is 5.82 Å². The molecule has 1 fully saturated rings. The molecule has 35 heavy (non-hydrogen) atoms. The van der Waals surface area contributed by atoms with Crippen molar-refractivity contribution in [1.82, 2.24) is 14.1 Å². The fourth-order valence-electron chi connectivity index (χ4n) is 4.86. The smallest absolute Gasteiger partial charge is 0.243 e. The third-order valence-electron chi connectivity index (χ3n) is 6.87. The number of amides is 1. The van der Waals surface area contributed by atoms with Crippen LogP contribution < -0.4 is 5.32 Å². The first kappa shape index (κ1) is 23.4. The summed E-state index contributed by atoms with van der Waals surface area (Å²) in [6.45, 7) is 1.98. The summed E-state index contributed by atoms with van der Waals surface area (Å²) in [7, 11) is -3.68. The van der Waals surface area contributed by atoms with Crippen LogP contribution in [-0.2, 0) is 27.7 Å². The molecule has 0 spiro atoms. The maximum absolute atomic E-state index is 13.2. The zero-order chi connectivity index (χ0) is 24.6. The summed E-state index contributed by atoms with van der Waals surface area (Å²) in [4.78, 5) is 24.9. The van der Waals surface area contributed by atoms with Crippen molar-refractivity contribution in [2.24, 2.45) is 5.92 Å². The number of aromatic nitrogens is 2. The second-order valence-electron chi connectivity index (χ2n) is 9.12. The average Bonchev–Trinajstić information content (AvgIpc) is 3.47. The Morgan fingerprint density at radius 3 is 2.31 bits per heavy atom. The highest BCUT2D eigenvalue weighted by Gasteiger charge is 2.33. The van der Waals surface area contributed by atoms with Gasteiger partial charge >= 0.3 is 0 Å². The molecule has 0 radical (unpaired) electrons. The van der Waals surface area contributed by atoms with Gasteiger partial charge in [-0.25, -0.2) is 13.1 Å². The third kappa shape index (κ3) is 4.53. The molecule has 1 saturated heterocycles. The van der Waals surface area contributed by atoms with Crippen LogP contribution in [0.1, 0.15) is 47.8 Å². The van der Waals surface area contributed by atoms with Gasteiger partial charge in [-0.2, -0.15) is 9.40 Å². The number of para-hydroxylation sites is 1. The summed E-state index contributed by atoms with van der Waals surface area (Å²) in [6, 6.07) is 15.8. The minimum atomic E-state index is -3.68. The van der Waals surface area contributed by atoms with Gasteiger partial charge in [0.05, 0.1) is 16.3 Å². The number of aryl methyl sites for hydroxylation is 1. The average molecular weight is 493 g/mol. The molecular weight excluding hydrogens is 464 g/mol. The first-order valence-electron chi connectivity index (χ1n) is 11.9. The van der Waals surface area contributed by atoms with Crippen LogP contribution in [0.5, 0.6) is 0 Å². The van der Waals surface area contributed by atoms with E-state index in [0.717, 1.165) is 42.0 Å². The van der Waals surface area contributed by atoms with Crippen LogP contribution in [-0.4, -0.2) is 47.3 Å². The number of carbonyl (C=O) groups excluding carboxylic acids is 2. The van der Waals surface area contributed by atoms with Gasteiger partial charge in [0.2, 0.25) is 15.9 Å². The van der Waals surface area contributed by atoms with Gasteiger partial charge in [0, 0.05) is 30.1 Å². The number of ketones is 1. The van der Waals surface area contributed by atoms with E-state index in [9.17, 15) is 18.0 Å². The fraction of sp³-hybridized carbons (Fsp3) is 0.346. The van der Waals surface area contributed by atoms with Crippen LogP contribution in [0.25, 0.3) is 5.69 Å². The van der Waals surface area contributed by atoms with Crippen molar-refractivity contribution in [2.75, 3.05) is 18.4 Å². The number of nitrogens with zero attached hydrogens (tertiary/aromatic N) is 3. The van der Waals surface area contributed by atoms with Gasteiger partial charge in [-0.3, -0.25) is 9.59 Å². The van der Waals surface area contributed by atoms with Crippen LogP contribution in [0.15, 0.2) is 59.5 Å². The lowest BCUT2D eigenvalue weighted by molar-refractivity contribution is -0.121. The highest BCUT2D eigenvalue weighted by Crippen LogP contribution is 2.32. The van der Waals surface area contributed by atoms with E-state index in [1.165, 1.54) is 35.5 Å². The molecular formula is C26H28N4O4S. The highest BCUT2D eigenvalue weighted by atomic mass is 32.2. The van der Waals surface area contributed by atoms with Crippen LogP contribution in [0.3, 0.4) is 0 Å². The number of fused-ring (bicyclic) bond motifs is 1. The first-order valence-corrected chi connectivity index (χ1v) is 13.4. The lowest BCUT2D eigenvalue weighted by atomic mass is 9.97. The highest BCUT2D eigenvalue weighted by molar-refractivity contribution is 7.89. The summed E-state index contributed by atoms with van der Waals surface area (Å²) < 4.78 is 29.4. The summed E-state index contributed by atoms with van der Waals surface area (Å²) in [6.07, 6.45) is 3.70. The normalized spacial score (nSPS) is 16.7. The van der Waals surface area contributed by atoms with Crippen molar-refractivity contribution in [2.45, 2.75) is 43.9 Å². The Labute approximate surface area is 205 Å². The van der Waals surface area contributed by atoms with E-state index >= 15 is 0 Å². The molecule has 0 saturated carbocycles. The van der Waals surface area contributed by atoms with Crippen LogP contribution in [0.2, 0.25) is 0 Å². The fourth-order valence-corrected chi connectivity index (χ4v) is 6.33. The van der Waals surface area contributed by atoms with Gasteiger partial charge in [0.25, 0.3) is 0 Å². The standard InChI is InChI=1S/C26H28N4O4S/c1-18(31)19-10-12-22(13-11-19)35(33,34)29-16-14-20(15-17-29)26(32)27-25-23-8-5-9-24(23)28-30(25)21-6-3-2-4-7-21/h2-4,6-7,10-13,20H,5,8-9,14-17H2,1H3,(H,27,32). The number of hydrogen-bond donors (Lipinski definition) is 1. The largest absolute Gasteiger partial charge is 0.310 e. The molecule has 2 aromatic carbocycles. The topological polar surface area (TPSA) is 101 Å². The van der Waals surface area contributed by atoms with Gasteiger partial charge < -0.3 is 5.32 Å². The van der Waals surface area contributed by atoms with Crippen molar-refractivity contribution in [3.63, 3.8) is 0 Å². The Bertz CT molecular complexity index is 1360. The van der Waals surface area contributed by atoms with Gasteiger partial charge in [-0.1, -0.05) is 30.3 Å². The number of hydrogen-bond acceptors (Lipinski definition) is 5. The van der Waals surface area contributed by atoms with Crippen molar-refractivity contribution in [1.29, 1.82) is 0 Å². The minimum Gasteiger partial charge on any atom is -0.310 e. The van der Waals surface area contributed by atoms with Crippen LogP contribution in [0, 0.1) is 5.92 Å². The van der Waals surface area contributed by atoms with E-state index in [-0.39, 0.29) is 35.6 Å². The van der Waals surface area contributed by atoms with Crippen molar-refractivity contribution >= 4 is 27.5 Å². The molecule has 1 aromatic heterocycles. The SMILES string of the molecule is CC(=O)c1ccc(S(=O)(=O)N2CCC(C(=O)Nc3c4c(nn3-c3ccccc3)CCC4)CC2)cc1. The second kappa shape index (κ2) is 9.39. The summed E-state index contributed by atoms with van der Waals surface area (Å²) >= 11 is 0. The maximum atomic E-state index is 13.2. The number of sulfonamides is 1. The Hall–Kier alpha value is -3.30. The number of anilines is 1. The van der Waals surface area contributed by atoms with E-state index in [2.05, 4.69) is 5.32 Å². The van der Waals surface area contributed by atoms with Crippen molar-refractivity contribution in [3.05, 3.63) is 71.4 Å². The second-order valence-corrected chi connectivity index (χ2v) is 11.1. The Morgan fingerprint density at radius 1 is 0.971 bits per heavy atom. The number of piperidine rings is 1. The molecule has 5 rings (SSSR count). The predicted octanol–water partition coefficient (Wildman–Crippen LogP) is 3.60. The Morgan fingerprint density at radius 2 is 1.66 bits per heavy atom. The zero-order valence-corrected chi connectivity index (χ0v) is 20.4. The predicted molar refractivity (Wildman–Crippen MR) is 132 cm³/mol. The van der Waals surface area contributed by atoms with Gasteiger partial charge in [-0.05, 0) is 63.3 Å². The minimum absolute atomic E-state index is 0.0976. The van der Waals surface area contributed by atoms with E-state index < -0.39 is 10.0 Å². The third-order valence-corrected chi connectivity index (χ3v) is 8.79. The molecule has 8 nitrogen and oxygen atoms in total. The van der Waals surface area contributed by atoms with Crippen LogP contribution >= 0.6 is 0 Å². The van der Waals surface area contributed by atoms with E-state index in [1.54, 1.807) is 0 Å². The lowest BCUT2D eigenvalue weighted by Gasteiger charge is -2.30. The summed E-state index contributed by atoms with van der Waals surface area (Å²) in [5, 5.41) is 7.87. The molecule has 0 bridgehead atoms. The number of carbonyl (C=O) groups is 2. The van der Waals surface area contributed by atoms with E-state index in [1.807, 2.05) is 35.0 Å². The molecule has 2 heterocycles. The summed E-state index contributed by atoms with van der Waals surface area (Å²) in [5.41, 5.74) is 3.49. The zero-order valence-electron chi connectivity index (χ0n) is 19.6. The quantitative estimate of drug-likeness (QED) is 0.530. The van der Waals surface area contributed by atoms with Gasteiger partial charge in [-0.15, -0.1) is 0 Å². The first-order chi connectivity index (χ1) is 16.8. The van der Waals surface area contributed by atoms with Gasteiger partial charge in [0.15, 0.2) is 5.78 Å². The molecule has 9 heteroatoms. The Balaban J connectivity index is 1.28. The molecule has 3 aromatic rings. The van der Waals surface area contributed by atoms with E-state index in [4.69, 9.17) is 5.10 Å². The molecule has 1 aliphatic heterocycles. The van der Waals surface area contributed by atoms with Crippen molar-refractivity contribution in [3.8, 4) is 5.69 Å². The molecule has 1 aliphatic carbocycles. The Kier molecular flexibility index (Phi) is 6.29. The number of rotatable bonds is 6. The number of Topliss-reactive ketones (excluding diaryl/α,β-unsaturated/α-hetero) is 1. The van der Waals surface area contributed by atoms with Crippen molar-refractivity contribution < 1.29 is 18.0 Å². The molecule has 2 aliphatic rings. The monoisotopic (exact) mass is 492 g/mol. The van der Waals surface area contributed by atoms with Crippen LogP contribution in [0.4, 0.5) is 5.82 Å². The molecule has 0 unspecified atom stereocenters. The molecule has 1 N–H and O–H groups in total. The number of nitrogens with one attached hydrogen (secondary N) is 1. The summed E-state index contributed by atoms with van der Waals surface area (Å²) in [5.74, 6) is 0.242. The molecule has 182 valence electrons.